The largest absolute Gasteiger partial charge is 0.307 e. The summed E-state index contributed by atoms with van der Waals surface area (Å²) >= 11 is 1.89. The third-order valence-corrected chi connectivity index (χ3v) is 5.93. The highest BCUT2D eigenvalue weighted by atomic mass is 32.1. The molecule has 3 heteroatoms. The molecule has 0 bridgehead atoms. The molecule has 1 aromatic rings. The number of nitrogens with one attached hydrogen (secondary N) is 1. The lowest BCUT2D eigenvalue weighted by atomic mass is 9.98. The van der Waals surface area contributed by atoms with Crippen molar-refractivity contribution in [3.8, 4) is 0 Å². The number of hydrogen-bond acceptors (Lipinski definition) is 3. The van der Waals surface area contributed by atoms with Crippen molar-refractivity contribution in [2.24, 2.45) is 5.92 Å². The van der Waals surface area contributed by atoms with Crippen molar-refractivity contribution in [2.45, 2.75) is 84.7 Å². The number of nitrogens with zero attached hydrogens (tertiary/aromatic N) is 1. The molecule has 2 rings (SSSR count). The van der Waals surface area contributed by atoms with Crippen molar-refractivity contribution in [1.29, 1.82) is 0 Å². The molecule has 0 aromatic carbocycles. The minimum atomic E-state index is 0.158. The molecule has 2 nitrogen and oxygen atoms in total. The van der Waals surface area contributed by atoms with Crippen molar-refractivity contribution in [3.63, 3.8) is 0 Å². The van der Waals surface area contributed by atoms with Gasteiger partial charge in [-0.15, -0.1) is 11.3 Å². The minimum Gasteiger partial charge on any atom is -0.307 e. The highest BCUT2D eigenvalue weighted by molar-refractivity contribution is 7.12. The van der Waals surface area contributed by atoms with Crippen LogP contribution in [0.2, 0.25) is 0 Å². The average Bonchev–Trinajstić information content (AvgIpc) is 3.07. The van der Waals surface area contributed by atoms with Crippen molar-refractivity contribution in [1.82, 2.24) is 10.3 Å². The molecule has 1 aromatic heterocycles. The van der Waals surface area contributed by atoms with Crippen LogP contribution in [-0.2, 0) is 5.41 Å². The van der Waals surface area contributed by atoms with Crippen LogP contribution in [0.5, 0.6) is 0 Å². The zero-order valence-electron chi connectivity index (χ0n) is 13.9. The van der Waals surface area contributed by atoms with E-state index in [9.17, 15) is 0 Å². The van der Waals surface area contributed by atoms with Gasteiger partial charge in [-0.1, -0.05) is 40.5 Å². The second-order valence-corrected chi connectivity index (χ2v) is 8.42. The molecule has 1 heterocycles. The number of rotatable bonds is 6. The topological polar surface area (TPSA) is 24.9 Å². The molecule has 0 radical (unpaired) electrons. The van der Waals surface area contributed by atoms with Gasteiger partial charge < -0.3 is 5.32 Å². The fraction of sp³-hybridized carbons (Fsp3) is 0.824. The second-order valence-electron chi connectivity index (χ2n) is 7.39. The highest BCUT2D eigenvalue weighted by Gasteiger charge is 2.27. The first-order valence-electron chi connectivity index (χ1n) is 8.05. The van der Waals surface area contributed by atoms with Gasteiger partial charge in [0.15, 0.2) is 0 Å². The molecule has 0 aliphatic heterocycles. The summed E-state index contributed by atoms with van der Waals surface area (Å²) in [5.41, 5.74) is 1.37. The van der Waals surface area contributed by atoms with Crippen molar-refractivity contribution in [2.75, 3.05) is 0 Å². The van der Waals surface area contributed by atoms with Crippen LogP contribution in [0.25, 0.3) is 0 Å². The molecule has 0 spiro atoms. The van der Waals surface area contributed by atoms with Crippen LogP contribution in [0.15, 0.2) is 0 Å². The quantitative estimate of drug-likeness (QED) is 0.800. The predicted molar refractivity (Wildman–Crippen MR) is 88.5 cm³/mol. The summed E-state index contributed by atoms with van der Waals surface area (Å²) in [5, 5.41) is 5.09. The van der Waals surface area contributed by atoms with Gasteiger partial charge in [0.1, 0.15) is 0 Å². The number of hydrogen-bond donors (Lipinski definition) is 1. The van der Waals surface area contributed by atoms with Gasteiger partial charge in [-0.2, -0.15) is 0 Å². The number of thiazole rings is 1. The van der Waals surface area contributed by atoms with E-state index in [1.165, 1.54) is 41.3 Å². The maximum Gasteiger partial charge on any atom is 0.0985 e. The molecule has 1 N–H and O–H groups in total. The van der Waals surface area contributed by atoms with E-state index in [0.29, 0.717) is 12.1 Å². The maximum absolute atomic E-state index is 4.79. The Morgan fingerprint density at radius 1 is 1.35 bits per heavy atom. The Bertz CT molecular complexity index is 440. The zero-order chi connectivity index (χ0) is 14.9. The first-order chi connectivity index (χ1) is 9.31. The Hall–Kier alpha value is -0.410. The van der Waals surface area contributed by atoms with Gasteiger partial charge in [0.25, 0.3) is 0 Å². The van der Waals surface area contributed by atoms with E-state index in [0.717, 1.165) is 5.92 Å². The fourth-order valence-corrected chi connectivity index (χ4v) is 3.80. The van der Waals surface area contributed by atoms with Crippen molar-refractivity contribution >= 4 is 11.3 Å². The van der Waals surface area contributed by atoms with Crippen molar-refractivity contribution < 1.29 is 0 Å². The Morgan fingerprint density at radius 2 is 2.00 bits per heavy atom. The summed E-state index contributed by atoms with van der Waals surface area (Å²) in [4.78, 5) is 6.21. The minimum absolute atomic E-state index is 0.158. The summed E-state index contributed by atoms with van der Waals surface area (Å²) in [6, 6.07) is 1.09. The van der Waals surface area contributed by atoms with E-state index in [4.69, 9.17) is 4.98 Å². The Balaban J connectivity index is 2.03. The first-order valence-corrected chi connectivity index (χ1v) is 8.86. The van der Waals surface area contributed by atoms with E-state index in [-0.39, 0.29) is 5.41 Å². The Morgan fingerprint density at radius 3 is 2.45 bits per heavy atom. The normalized spacial score (nSPS) is 19.1. The molecule has 0 saturated heterocycles. The van der Waals surface area contributed by atoms with Crippen LogP contribution in [0.1, 0.15) is 81.9 Å². The average molecular weight is 295 g/mol. The molecular weight excluding hydrogens is 264 g/mol. The fourth-order valence-electron chi connectivity index (χ4n) is 2.67. The molecule has 1 aliphatic rings. The SMILES string of the molecule is CCC(CC1CC1)NC(C)c1sc(C(C)(C)C)nc1C. The van der Waals surface area contributed by atoms with E-state index < -0.39 is 0 Å². The molecule has 2 unspecified atom stereocenters. The van der Waals surface area contributed by atoms with Crippen LogP contribution in [0.3, 0.4) is 0 Å². The van der Waals surface area contributed by atoms with Crippen LogP contribution >= 0.6 is 11.3 Å². The lowest BCUT2D eigenvalue weighted by Gasteiger charge is -2.22. The summed E-state index contributed by atoms with van der Waals surface area (Å²) < 4.78 is 0. The molecule has 2 atom stereocenters. The first kappa shape index (κ1) is 16.0. The summed E-state index contributed by atoms with van der Waals surface area (Å²) in [6.07, 6.45) is 5.47. The standard InChI is InChI=1S/C17H30N2S/c1-7-14(10-13-8-9-13)18-11(2)15-12(3)19-16(20-15)17(4,5)6/h11,13-14,18H,7-10H2,1-6H3. The molecule has 114 valence electrons. The molecular formula is C17H30N2S. The van der Waals surface area contributed by atoms with Gasteiger partial charge in [0.05, 0.1) is 10.7 Å². The third-order valence-electron chi connectivity index (χ3n) is 4.16. The van der Waals surface area contributed by atoms with E-state index in [2.05, 4.69) is 46.9 Å². The third kappa shape index (κ3) is 4.05. The van der Waals surface area contributed by atoms with E-state index in [1.54, 1.807) is 0 Å². The number of aryl methyl sites for hydroxylation is 1. The molecule has 1 saturated carbocycles. The maximum atomic E-state index is 4.79. The predicted octanol–water partition coefficient (Wildman–Crippen LogP) is 4.98. The van der Waals surface area contributed by atoms with E-state index in [1.807, 2.05) is 11.3 Å². The smallest absolute Gasteiger partial charge is 0.0985 e. The number of aromatic nitrogens is 1. The molecule has 1 aliphatic carbocycles. The molecule has 1 fully saturated rings. The van der Waals surface area contributed by atoms with Gasteiger partial charge in [-0.05, 0) is 32.6 Å². The van der Waals surface area contributed by atoms with Crippen LogP contribution in [0.4, 0.5) is 0 Å². The molecule has 20 heavy (non-hydrogen) atoms. The lowest BCUT2D eigenvalue weighted by Crippen LogP contribution is -2.31. The summed E-state index contributed by atoms with van der Waals surface area (Å²) in [7, 11) is 0. The van der Waals surface area contributed by atoms with Gasteiger partial charge in [-0.3, -0.25) is 0 Å². The van der Waals surface area contributed by atoms with Crippen LogP contribution in [0, 0.1) is 12.8 Å². The van der Waals surface area contributed by atoms with Gasteiger partial charge in [0.2, 0.25) is 0 Å². The van der Waals surface area contributed by atoms with Crippen LogP contribution in [-0.4, -0.2) is 11.0 Å². The second kappa shape index (κ2) is 6.15. The van der Waals surface area contributed by atoms with Crippen LogP contribution < -0.4 is 5.32 Å². The zero-order valence-corrected chi connectivity index (χ0v) is 14.7. The monoisotopic (exact) mass is 294 g/mol. The summed E-state index contributed by atoms with van der Waals surface area (Å²) in [6.45, 7) is 13.5. The Kier molecular flexibility index (Phi) is 4.91. The summed E-state index contributed by atoms with van der Waals surface area (Å²) in [5.74, 6) is 0.993. The Labute approximate surface area is 128 Å². The molecule has 0 amide bonds. The van der Waals surface area contributed by atoms with Gasteiger partial charge in [-0.25, -0.2) is 4.98 Å². The van der Waals surface area contributed by atoms with Gasteiger partial charge >= 0.3 is 0 Å². The van der Waals surface area contributed by atoms with E-state index >= 15 is 0 Å². The van der Waals surface area contributed by atoms with Gasteiger partial charge in [0, 0.05) is 22.4 Å². The highest BCUT2D eigenvalue weighted by Crippen LogP contribution is 2.36. The lowest BCUT2D eigenvalue weighted by molar-refractivity contribution is 0.406. The van der Waals surface area contributed by atoms with Crippen molar-refractivity contribution in [3.05, 3.63) is 15.6 Å².